The van der Waals surface area contributed by atoms with Gasteiger partial charge < -0.3 is 4.74 Å². The molecule has 0 aliphatic rings. The highest BCUT2D eigenvalue weighted by molar-refractivity contribution is 8.00. The number of thioether (sulfide) groups is 2. The minimum atomic E-state index is -0.196. The van der Waals surface area contributed by atoms with Crippen LogP contribution in [0.5, 0.6) is 0 Å². The largest absolute Gasteiger partial charge is 0.465 e. The minimum absolute atomic E-state index is 0.161. The second-order valence-corrected chi connectivity index (χ2v) is 9.39. The van der Waals surface area contributed by atoms with E-state index in [-0.39, 0.29) is 11.2 Å². The number of carbonyl (C=O) groups excluding carboxylic acids is 1. The molecular formula is C25H32O2S2. The molecule has 29 heavy (non-hydrogen) atoms. The molecule has 0 saturated carbocycles. The summed E-state index contributed by atoms with van der Waals surface area (Å²) in [4.78, 5) is 14.2. The SMILES string of the molecule is CCCCC=CCCSc1ccc(-c2ccc(S[C@H](C)C(=O)OCC)cc2)cc1. The third-order valence-corrected chi connectivity index (χ3v) is 6.55. The summed E-state index contributed by atoms with van der Waals surface area (Å²) in [6, 6.07) is 17.1. The monoisotopic (exact) mass is 428 g/mol. The summed E-state index contributed by atoms with van der Waals surface area (Å²) in [5.74, 6) is 0.957. The van der Waals surface area contributed by atoms with E-state index in [2.05, 4.69) is 67.6 Å². The zero-order valence-electron chi connectivity index (χ0n) is 17.7. The smallest absolute Gasteiger partial charge is 0.319 e. The van der Waals surface area contributed by atoms with Crippen molar-refractivity contribution in [2.24, 2.45) is 0 Å². The zero-order valence-corrected chi connectivity index (χ0v) is 19.4. The molecular weight excluding hydrogens is 396 g/mol. The molecule has 0 radical (unpaired) electrons. The number of carbonyl (C=O) groups is 1. The second kappa shape index (κ2) is 13.6. The molecule has 0 aromatic heterocycles. The van der Waals surface area contributed by atoms with Crippen LogP contribution in [0.4, 0.5) is 0 Å². The van der Waals surface area contributed by atoms with Crippen LogP contribution in [0, 0.1) is 0 Å². The molecule has 0 amide bonds. The topological polar surface area (TPSA) is 26.3 Å². The summed E-state index contributed by atoms with van der Waals surface area (Å²) in [5.41, 5.74) is 2.40. The lowest BCUT2D eigenvalue weighted by Crippen LogP contribution is -2.16. The lowest BCUT2D eigenvalue weighted by atomic mass is 10.1. The second-order valence-electron chi connectivity index (χ2n) is 6.81. The van der Waals surface area contributed by atoms with Crippen LogP contribution in [0.15, 0.2) is 70.5 Å². The highest BCUT2D eigenvalue weighted by atomic mass is 32.2. The quantitative estimate of drug-likeness (QED) is 0.150. The number of hydrogen-bond donors (Lipinski definition) is 0. The minimum Gasteiger partial charge on any atom is -0.465 e. The molecule has 0 bridgehead atoms. The van der Waals surface area contributed by atoms with Gasteiger partial charge in [0.05, 0.1) is 6.61 Å². The first-order valence-corrected chi connectivity index (χ1v) is 12.3. The van der Waals surface area contributed by atoms with Crippen molar-refractivity contribution in [2.45, 2.75) is 61.5 Å². The van der Waals surface area contributed by atoms with E-state index in [4.69, 9.17) is 4.74 Å². The molecule has 0 saturated heterocycles. The fraction of sp³-hybridized carbons (Fsp3) is 0.400. The molecule has 0 aliphatic carbocycles. The van der Waals surface area contributed by atoms with Crippen LogP contribution in [-0.2, 0) is 9.53 Å². The summed E-state index contributed by atoms with van der Waals surface area (Å²) in [6.07, 6.45) is 9.49. The first-order valence-electron chi connectivity index (χ1n) is 10.5. The Morgan fingerprint density at radius 1 is 0.931 bits per heavy atom. The number of ether oxygens (including phenoxy) is 1. The van der Waals surface area contributed by atoms with Gasteiger partial charge in [0, 0.05) is 15.5 Å². The summed E-state index contributed by atoms with van der Waals surface area (Å²) in [7, 11) is 0. The molecule has 0 N–H and O–H groups in total. The highest BCUT2D eigenvalue weighted by Crippen LogP contribution is 2.29. The molecule has 2 aromatic carbocycles. The van der Waals surface area contributed by atoms with E-state index in [0.717, 1.165) is 17.1 Å². The Kier molecular flexibility index (Phi) is 11.0. The van der Waals surface area contributed by atoms with Gasteiger partial charge in [0.15, 0.2) is 0 Å². The van der Waals surface area contributed by atoms with Crippen molar-refractivity contribution < 1.29 is 9.53 Å². The van der Waals surface area contributed by atoms with Crippen LogP contribution in [0.3, 0.4) is 0 Å². The number of hydrogen-bond acceptors (Lipinski definition) is 4. The summed E-state index contributed by atoms with van der Waals surface area (Å²) >= 11 is 3.44. The molecule has 0 fully saturated rings. The van der Waals surface area contributed by atoms with Gasteiger partial charge in [0.2, 0.25) is 0 Å². The fourth-order valence-electron chi connectivity index (χ4n) is 2.78. The molecule has 0 heterocycles. The first kappa shape index (κ1) is 23.6. The molecule has 0 spiro atoms. The Labute approximate surface area is 184 Å². The van der Waals surface area contributed by atoms with Crippen LogP contribution in [0.25, 0.3) is 11.1 Å². The number of allylic oxidation sites excluding steroid dienone is 2. The zero-order chi connectivity index (χ0) is 20.9. The molecule has 0 aliphatic heterocycles. The van der Waals surface area contributed by atoms with Gasteiger partial charge in [0.25, 0.3) is 0 Å². The molecule has 1 atom stereocenters. The first-order chi connectivity index (χ1) is 14.1. The molecule has 0 unspecified atom stereocenters. The van der Waals surface area contributed by atoms with Crippen LogP contribution in [0.2, 0.25) is 0 Å². The van der Waals surface area contributed by atoms with Crippen LogP contribution >= 0.6 is 23.5 Å². The Balaban J connectivity index is 1.83. The predicted molar refractivity (Wildman–Crippen MR) is 128 cm³/mol. The number of esters is 1. The van der Waals surface area contributed by atoms with E-state index >= 15 is 0 Å². The van der Waals surface area contributed by atoms with Gasteiger partial charge in [-0.15, -0.1) is 23.5 Å². The van der Waals surface area contributed by atoms with Crippen molar-refractivity contribution in [2.75, 3.05) is 12.4 Å². The Morgan fingerprint density at radius 2 is 1.52 bits per heavy atom. The van der Waals surface area contributed by atoms with E-state index in [9.17, 15) is 4.79 Å². The standard InChI is InChI=1S/C25H32O2S2/c1-4-6-7-8-9-10-19-28-23-15-11-21(12-16-23)22-13-17-24(18-14-22)29-20(3)25(26)27-5-2/h8-9,11-18,20H,4-7,10,19H2,1-3H3/t20-/m1/s1. The maximum atomic E-state index is 11.8. The number of rotatable bonds is 12. The maximum Gasteiger partial charge on any atom is 0.319 e. The van der Waals surface area contributed by atoms with Crippen molar-refractivity contribution in [1.82, 2.24) is 0 Å². The summed E-state index contributed by atoms with van der Waals surface area (Å²) in [6.45, 7) is 6.37. The average molecular weight is 429 g/mol. The van der Waals surface area contributed by atoms with Gasteiger partial charge in [-0.2, -0.15) is 0 Å². The highest BCUT2D eigenvalue weighted by Gasteiger charge is 2.15. The maximum absolute atomic E-state index is 11.8. The van der Waals surface area contributed by atoms with Gasteiger partial charge in [-0.25, -0.2) is 0 Å². The van der Waals surface area contributed by atoms with Gasteiger partial charge in [-0.3, -0.25) is 4.79 Å². The van der Waals surface area contributed by atoms with Crippen LogP contribution in [0.1, 0.15) is 46.5 Å². The number of benzene rings is 2. The lowest BCUT2D eigenvalue weighted by Gasteiger charge is -2.10. The molecule has 2 nitrogen and oxygen atoms in total. The third-order valence-electron chi connectivity index (χ3n) is 4.42. The van der Waals surface area contributed by atoms with Gasteiger partial charge in [-0.05, 0) is 62.1 Å². The van der Waals surface area contributed by atoms with E-state index in [0.29, 0.717) is 6.61 Å². The van der Waals surface area contributed by atoms with Gasteiger partial charge in [-0.1, -0.05) is 56.2 Å². The summed E-state index contributed by atoms with van der Waals surface area (Å²) in [5, 5.41) is -0.196. The van der Waals surface area contributed by atoms with Crippen LogP contribution < -0.4 is 0 Å². The van der Waals surface area contributed by atoms with Crippen molar-refractivity contribution in [3.63, 3.8) is 0 Å². The lowest BCUT2D eigenvalue weighted by molar-refractivity contribution is -0.142. The normalized spacial score (nSPS) is 12.2. The Bertz CT molecular complexity index is 751. The Hall–Kier alpha value is -1.65. The van der Waals surface area contributed by atoms with E-state index in [1.807, 2.05) is 25.6 Å². The molecule has 2 aromatic rings. The summed E-state index contributed by atoms with van der Waals surface area (Å²) < 4.78 is 5.07. The third kappa shape index (κ3) is 8.71. The van der Waals surface area contributed by atoms with Gasteiger partial charge in [0.1, 0.15) is 5.25 Å². The van der Waals surface area contributed by atoms with Gasteiger partial charge >= 0.3 is 5.97 Å². The molecule has 156 valence electrons. The number of unbranched alkanes of at least 4 members (excludes halogenated alkanes) is 2. The molecule has 2 rings (SSSR count). The Morgan fingerprint density at radius 3 is 2.10 bits per heavy atom. The van der Waals surface area contributed by atoms with Crippen molar-refractivity contribution in [1.29, 1.82) is 0 Å². The predicted octanol–water partition coefficient (Wildman–Crippen LogP) is 7.63. The molecule has 4 heteroatoms. The fourth-order valence-corrected chi connectivity index (χ4v) is 4.47. The van der Waals surface area contributed by atoms with E-state index in [1.165, 1.54) is 47.0 Å². The van der Waals surface area contributed by atoms with Crippen molar-refractivity contribution >= 4 is 29.5 Å². The van der Waals surface area contributed by atoms with E-state index < -0.39 is 0 Å². The average Bonchev–Trinajstić information content (AvgIpc) is 2.74. The van der Waals surface area contributed by atoms with E-state index in [1.54, 1.807) is 0 Å². The van der Waals surface area contributed by atoms with Crippen molar-refractivity contribution in [3.05, 3.63) is 60.7 Å². The van der Waals surface area contributed by atoms with Crippen molar-refractivity contribution in [3.8, 4) is 11.1 Å². The van der Waals surface area contributed by atoms with Crippen LogP contribution in [-0.4, -0.2) is 23.6 Å².